The maximum Gasteiger partial charge on any atom is 0.338 e. The Morgan fingerprint density at radius 2 is 1.79 bits per heavy atom. The minimum absolute atomic E-state index is 0.220. The summed E-state index contributed by atoms with van der Waals surface area (Å²) in [6.45, 7) is 5.17. The van der Waals surface area contributed by atoms with Crippen LogP contribution in [0.25, 0.3) is 11.0 Å². The molecule has 0 radical (unpaired) electrons. The van der Waals surface area contributed by atoms with Gasteiger partial charge in [-0.15, -0.1) is 0 Å². The van der Waals surface area contributed by atoms with Gasteiger partial charge >= 0.3 is 5.97 Å². The van der Waals surface area contributed by atoms with Crippen molar-refractivity contribution in [1.82, 2.24) is 9.97 Å². The Morgan fingerprint density at radius 3 is 2.45 bits per heavy atom. The first-order chi connectivity index (χ1) is 13.8. The monoisotopic (exact) mass is 408 g/mol. The molecule has 1 aromatic heterocycles. The van der Waals surface area contributed by atoms with Crippen molar-refractivity contribution in [1.29, 1.82) is 5.26 Å². The molecule has 8 heteroatoms. The second kappa shape index (κ2) is 8.25. The van der Waals surface area contributed by atoms with Crippen molar-refractivity contribution in [2.24, 2.45) is 0 Å². The first-order valence-electron chi connectivity index (χ1n) is 8.75. The van der Waals surface area contributed by atoms with Crippen LogP contribution in [0.2, 0.25) is 5.02 Å². The SMILES string of the molecule is Cc1nc2ccc(C(=O)O[C@@H](C)C(=O)Nc3ccc(C#N)c(Cl)c3)cc2nc1C. The Balaban J connectivity index is 1.70. The predicted molar refractivity (Wildman–Crippen MR) is 109 cm³/mol. The number of anilines is 1. The van der Waals surface area contributed by atoms with E-state index in [0.717, 1.165) is 11.4 Å². The molecule has 0 aliphatic heterocycles. The molecule has 1 atom stereocenters. The molecular formula is C21H17ClN4O3. The fraction of sp³-hybridized carbons (Fsp3) is 0.190. The van der Waals surface area contributed by atoms with Gasteiger partial charge in [-0.25, -0.2) is 14.8 Å². The molecule has 3 aromatic rings. The first kappa shape index (κ1) is 20.2. The summed E-state index contributed by atoms with van der Waals surface area (Å²) in [7, 11) is 0. The molecule has 1 amide bonds. The number of aryl methyl sites for hydroxylation is 2. The summed E-state index contributed by atoms with van der Waals surface area (Å²) in [5.41, 5.74) is 3.82. The number of nitrogens with zero attached hydrogens (tertiary/aromatic N) is 3. The van der Waals surface area contributed by atoms with Gasteiger partial charge in [0.1, 0.15) is 6.07 Å². The highest BCUT2D eigenvalue weighted by Gasteiger charge is 2.20. The van der Waals surface area contributed by atoms with Gasteiger partial charge in [-0.2, -0.15) is 5.26 Å². The summed E-state index contributed by atoms with van der Waals surface area (Å²) in [6, 6.07) is 11.3. The highest BCUT2D eigenvalue weighted by Crippen LogP contribution is 2.21. The largest absolute Gasteiger partial charge is 0.449 e. The van der Waals surface area contributed by atoms with Crippen molar-refractivity contribution >= 4 is 40.2 Å². The van der Waals surface area contributed by atoms with Gasteiger partial charge in [0.15, 0.2) is 6.10 Å². The lowest BCUT2D eigenvalue weighted by atomic mass is 10.2. The first-order valence-corrected chi connectivity index (χ1v) is 9.13. The number of rotatable bonds is 4. The smallest absolute Gasteiger partial charge is 0.338 e. The van der Waals surface area contributed by atoms with E-state index in [1.54, 1.807) is 24.3 Å². The number of carbonyl (C=O) groups is 2. The molecule has 0 aliphatic carbocycles. The molecule has 3 rings (SSSR count). The van der Waals surface area contributed by atoms with Crippen molar-refractivity contribution in [3.8, 4) is 6.07 Å². The fourth-order valence-corrected chi connectivity index (χ4v) is 2.79. The van der Waals surface area contributed by atoms with Crippen LogP contribution in [0.1, 0.15) is 34.2 Å². The van der Waals surface area contributed by atoms with Crippen molar-refractivity contribution in [3.63, 3.8) is 0 Å². The number of hydrogen-bond acceptors (Lipinski definition) is 6. The Labute approximate surface area is 172 Å². The number of halogens is 1. The van der Waals surface area contributed by atoms with E-state index in [1.165, 1.54) is 19.1 Å². The molecule has 0 aliphatic rings. The quantitative estimate of drug-likeness (QED) is 0.655. The Morgan fingerprint density at radius 1 is 1.10 bits per heavy atom. The van der Waals surface area contributed by atoms with Crippen LogP contribution >= 0.6 is 11.6 Å². The van der Waals surface area contributed by atoms with Crippen molar-refractivity contribution in [2.45, 2.75) is 26.9 Å². The van der Waals surface area contributed by atoms with Gasteiger partial charge in [-0.05, 0) is 57.2 Å². The van der Waals surface area contributed by atoms with Gasteiger partial charge in [-0.3, -0.25) is 4.79 Å². The minimum Gasteiger partial charge on any atom is -0.449 e. The van der Waals surface area contributed by atoms with E-state index < -0.39 is 18.0 Å². The molecule has 0 bridgehead atoms. The van der Waals surface area contributed by atoms with Gasteiger partial charge in [0.2, 0.25) is 0 Å². The van der Waals surface area contributed by atoms with E-state index in [0.29, 0.717) is 22.3 Å². The van der Waals surface area contributed by atoms with Gasteiger partial charge in [0.05, 0.1) is 38.6 Å². The second-order valence-electron chi connectivity index (χ2n) is 6.44. The summed E-state index contributed by atoms with van der Waals surface area (Å²) in [4.78, 5) is 33.6. The molecule has 2 aromatic carbocycles. The number of nitrogens with one attached hydrogen (secondary N) is 1. The van der Waals surface area contributed by atoms with E-state index in [4.69, 9.17) is 21.6 Å². The summed E-state index contributed by atoms with van der Waals surface area (Å²) in [5.74, 6) is -1.17. The van der Waals surface area contributed by atoms with Crippen LogP contribution in [0.5, 0.6) is 0 Å². The average Bonchev–Trinajstić information content (AvgIpc) is 2.68. The maximum atomic E-state index is 12.4. The summed E-state index contributed by atoms with van der Waals surface area (Å²) in [6.07, 6.45) is -1.04. The Bertz CT molecular complexity index is 1170. The molecule has 0 saturated carbocycles. The topological polar surface area (TPSA) is 105 Å². The number of carbonyl (C=O) groups excluding carboxylic acids is 2. The minimum atomic E-state index is -1.04. The summed E-state index contributed by atoms with van der Waals surface area (Å²) >= 11 is 5.96. The standard InChI is InChI=1S/C21H17ClN4O3/c1-11-12(2)25-19-8-14(5-7-18(19)24-11)21(28)29-13(3)20(27)26-16-6-4-15(10-23)17(22)9-16/h4-9,13H,1-3H3,(H,26,27)/t13-/m0/s1. The highest BCUT2D eigenvalue weighted by molar-refractivity contribution is 6.32. The zero-order valence-electron chi connectivity index (χ0n) is 16.0. The number of nitriles is 1. The third kappa shape index (κ3) is 4.50. The van der Waals surface area contributed by atoms with Gasteiger partial charge < -0.3 is 10.1 Å². The van der Waals surface area contributed by atoms with Crippen LogP contribution in [-0.2, 0) is 9.53 Å². The number of esters is 1. The van der Waals surface area contributed by atoms with Crippen molar-refractivity contribution < 1.29 is 14.3 Å². The van der Waals surface area contributed by atoms with Crippen LogP contribution in [-0.4, -0.2) is 27.9 Å². The van der Waals surface area contributed by atoms with E-state index in [9.17, 15) is 9.59 Å². The molecule has 29 heavy (non-hydrogen) atoms. The van der Waals surface area contributed by atoms with Crippen LogP contribution < -0.4 is 5.32 Å². The third-order valence-corrected chi connectivity index (χ3v) is 4.63. The maximum absolute atomic E-state index is 12.4. The number of amides is 1. The molecule has 0 spiro atoms. The lowest BCUT2D eigenvalue weighted by molar-refractivity contribution is -0.123. The predicted octanol–water partition coefficient (Wildman–Crippen LogP) is 3.96. The molecular weight excluding hydrogens is 392 g/mol. The summed E-state index contributed by atoms with van der Waals surface area (Å²) in [5, 5.41) is 11.7. The molecule has 0 fully saturated rings. The summed E-state index contributed by atoms with van der Waals surface area (Å²) < 4.78 is 5.26. The van der Waals surface area contributed by atoms with Gasteiger partial charge in [-0.1, -0.05) is 11.6 Å². The van der Waals surface area contributed by atoms with E-state index in [-0.39, 0.29) is 10.6 Å². The number of fused-ring (bicyclic) bond motifs is 1. The van der Waals surface area contributed by atoms with E-state index >= 15 is 0 Å². The molecule has 0 unspecified atom stereocenters. The molecule has 7 nitrogen and oxygen atoms in total. The third-order valence-electron chi connectivity index (χ3n) is 4.32. The zero-order chi connectivity index (χ0) is 21.1. The van der Waals surface area contributed by atoms with Crippen molar-refractivity contribution in [2.75, 3.05) is 5.32 Å². The number of aromatic nitrogens is 2. The molecule has 146 valence electrons. The number of hydrogen-bond donors (Lipinski definition) is 1. The normalized spacial score (nSPS) is 11.6. The van der Waals surface area contributed by atoms with E-state index in [2.05, 4.69) is 15.3 Å². The van der Waals surface area contributed by atoms with Crippen LogP contribution in [0.3, 0.4) is 0 Å². The Kier molecular flexibility index (Phi) is 5.76. The highest BCUT2D eigenvalue weighted by atomic mass is 35.5. The fourth-order valence-electron chi connectivity index (χ4n) is 2.57. The second-order valence-corrected chi connectivity index (χ2v) is 6.85. The molecule has 1 N–H and O–H groups in total. The Hall–Kier alpha value is -3.50. The van der Waals surface area contributed by atoms with Crippen LogP contribution in [0.15, 0.2) is 36.4 Å². The number of benzene rings is 2. The molecule has 1 heterocycles. The lowest BCUT2D eigenvalue weighted by Gasteiger charge is -2.14. The number of ether oxygens (including phenoxy) is 1. The van der Waals surface area contributed by atoms with E-state index in [1.807, 2.05) is 19.9 Å². The van der Waals surface area contributed by atoms with Crippen molar-refractivity contribution in [3.05, 3.63) is 63.9 Å². The zero-order valence-corrected chi connectivity index (χ0v) is 16.7. The van der Waals surface area contributed by atoms with Gasteiger partial charge in [0.25, 0.3) is 5.91 Å². The van der Waals surface area contributed by atoms with Crippen LogP contribution in [0, 0.1) is 25.2 Å². The lowest BCUT2D eigenvalue weighted by Crippen LogP contribution is -2.30. The van der Waals surface area contributed by atoms with Crippen LogP contribution in [0.4, 0.5) is 5.69 Å². The average molecular weight is 409 g/mol. The van der Waals surface area contributed by atoms with Gasteiger partial charge in [0, 0.05) is 5.69 Å². The molecule has 0 saturated heterocycles.